The van der Waals surface area contributed by atoms with Gasteiger partial charge in [-0.25, -0.2) is 0 Å². The van der Waals surface area contributed by atoms with Gasteiger partial charge in [0.15, 0.2) is 5.79 Å². The molecule has 0 aromatic heterocycles. The number of rotatable bonds is 2. The molecule has 0 amide bonds. The van der Waals surface area contributed by atoms with Gasteiger partial charge >= 0.3 is 5.97 Å². The number of hydrogen-bond donors (Lipinski definition) is 0. The number of ether oxygens (including phenoxy) is 3. The molecule has 1 saturated heterocycles. The van der Waals surface area contributed by atoms with Gasteiger partial charge in [0.2, 0.25) is 0 Å². The fourth-order valence-corrected chi connectivity index (χ4v) is 3.29. The smallest absolute Gasteiger partial charge is 0.309 e. The van der Waals surface area contributed by atoms with E-state index >= 15 is 0 Å². The normalized spacial score (nSPS) is 36.5. The van der Waals surface area contributed by atoms with Gasteiger partial charge in [0, 0.05) is 5.92 Å². The lowest BCUT2D eigenvalue weighted by molar-refractivity contribution is -0.160. The van der Waals surface area contributed by atoms with Crippen LogP contribution in [0.3, 0.4) is 0 Å². The van der Waals surface area contributed by atoms with Gasteiger partial charge in [-0.2, -0.15) is 0 Å². The average Bonchev–Trinajstić information content (AvgIpc) is 2.77. The summed E-state index contributed by atoms with van der Waals surface area (Å²) >= 11 is 0. The van der Waals surface area contributed by atoms with Gasteiger partial charge in [0.1, 0.15) is 0 Å². The lowest BCUT2D eigenvalue weighted by atomic mass is 9.76. The van der Waals surface area contributed by atoms with E-state index in [-0.39, 0.29) is 29.3 Å². The minimum absolute atomic E-state index is 0.0716. The van der Waals surface area contributed by atoms with Gasteiger partial charge in [0.05, 0.1) is 25.7 Å². The molecule has 1 aliphatic carbocycles. The number of carbonyl (C=O) groups excluding carboxylic acids is 1. The number of allylic oxidation sites excluding steroid dienone is 1. The molecule has 1 saturated carbocycles. The van der Waals surface area contributed by atoms with Crippen LogP contribution in [0.25, 0.3) is 0 Å². The molecule has 4 nitrogen and oxygen atoms in total. The van der Waals surface area contributed by atoms with Gasteiger partial charge in [-0.1, -0.05) is 26.0 Å². The fourth-order valence-electron chi connectivity index (χ4n) is 3.29. The standard InChI is InChI=1S/C15H24O4/c1-9-7-10(11-8-18-15(4,5)19-11)12(13(16)17-6)14(9,2)3/h10-12H,1,7-8H2,2-6H3. The first-order valence-electron chi connectivity index (χ1n) is 6.77. The molecular formula is C15H24O4. The highest BCUT2D eigenvalue weighted by Gasteiger charge is 2.54. The first-order chi connectivity index (χ1) is 8.69. The summed E-state index contributed by atoms with van der Waals surface area (Å²) in [7, 11) is 1.44. The highest BCUT2D eigenvalue weighted by Crippen LogP contribution is 2.53. The summed E-state index contributed by atoms with van der Waals surface area (Å²) in [6.07, 6.45) is 0.717. The van der Waals surface area contributed by atoms with Crippen molar-refractivity contribution in [3.63, 3.8) is 0 Å². The van der Waals surface area contributed by atoms with E-state index in [4.69, 9.17) is 14.2 Å². The third kappa shape index (κ3) is 2.43. The van der Waals surface area contributed by atoms with Crippen molar-refractivity contribution in [2.24, 2.45) is 17.3 Å². The van der Waals surface area contributed by atoms with Crippen molar-refractivity contribution in [1.82, 2.24) is 0 Å². The van der Waals surface area contributed by atoms with Crippen LogP contribution in [-0.4, -0.2) is 31.6 Å². The Bertz CT molecular complexity index is 397. The molecule has 19 heavy (non-hydrogen) atoms. The van der Waals surface area contributed by atoms with Crippen LogP contribution in [0.15, 0.2) is 12.2 Å². The van der Waals surface area contributed by atoms with E-state index in [1.807, 2.05) is 13.8 Å². The number of esters is 1. The molecule has 0 bridgehead atoms. The summed E-state index contributed by atoms with van der Waals surface area (Å²) in [5.74, 6) is -0.884. The molecule has 0 radical (unpaired) electrons. The zero-order chi connectivity index (χ0) is 14.4. The summed E-state index contributed by atoms with van der Waals surface area (Å²) in [5.41, 5.74) is 0.828. The van der Waals surface area contributed by atoms with Crippen LogP contribution in [0.5, 0.6) is 0 Å². The molecule has 1 aliphatic heterocycles. The van der Waals surface area contributed by atoms with Crippen molar-refractivity contribution < 1.29 is 19.0 Å². The molecule has 0 aromatic rings. The predicted octanol–water partition coefficient (Wildman–Crippen LogP) is 2.53. The van der Waals surface area contributed by atoms with E-state index in [0.29, 0.717) is 6.61 Å². The van der Waals surface area contributed by atoms with Crippen molar-refractivity contribution in [2.75, 3.05) is 13.7 Å². The molecular weight excluding hydrogens is 244 g/mol. The van der Waals surface area contributed by atoms with E-state index in [2.05, 4.69) is 20.4 Å². The van der Waals surface area contributed by atoms with Crippen molar-refractivity contribution >= 4 is 5.97 Å². The Morgan fingerprint density at radius 2 is 2.00 bits per heavy atom. The van der Waals surface area contributed by atoms with Gasteiger partial charge in [0.25, 0.3) is 0 Å². The Kier molecular flexibility index (Phi) is 3.52. The van der Waals surface area contributed by atoms with Crippen LogP contribution in [-0.2, 0) is 19.0 Å². The quantitative estimate of drug-likeness (QED) is 0.570. The summed E-state index contributed by atoms with van der Waals surface area (Å²) in [6.45, 7) is 12.6. The largest absolute Gasteiger partial charge is 0.469 e. The molecule has 3 atom stereocenters. The monoisotopic (exact) mass is 268 g/mol. The second kappa shape index (κ2) is 4.60. The molecule has 2 fully saturated rings. The second-order valence-electron chi connectivity index (χ2n) is 6.56. The van der Waals surface area contributed by atoms with Crippen LogP contribution >= 0.6 is 0 Å². The Morgan fingerprint density at radius 1 is 1.37 bits per heavy atom. The maximum atomic E-state index is 12.1. The molecule has 1 heterocycles. The first kappa shape index (κ1) is 14.5. The van der Waals surface area contributed by atoms with Crippen molar-refractivity contribution in [3.8, 4) is 0 Å². The third-order valence-corrected chi connectivity index (χ3v) is 4.56. The van der Waals surface area contributed by atoms with Gasteiger partial charge in [-0.3, -0.25) is 4.79 Å². The Labute approximate surface area is 115 Å². The van der Waals surface area contributed by atoms with Crippen LogP contribution in [0.1, 0.15) is 34.1 Å². The van der Waals surface area contributed by atoms with E-state index in [0.717, 1.165) is 12.0 Å². The van der Waals surface area contributed by atoms with E-state index in [9.17, 15) is 4.79 Å². The molecule has 108 valence electrons. The lowest BCUT2D eigenvalue weighted by Gasteiger charge is -2.30. The van der Waals surface area contributed by atoms with Crippen molar-refractivity contribution in [3.05, 3.63) is 12.2 Å². The number of carbonyl (C=O) groups is 1. The third-order valence-electron chi connectivity index (χ3n) is 4.56. The van der Waals surface area contributed by atoms with Gasteiger partial charge in [-0.15, -0.1) is 0 Å². The van der Waals surface area contributed by atoms with Crippen LogP contribution in [0.2, 0.25) is 0 Å². The fraction of sp³-hybridized carbons (Fsp3) is 0.800. The van der Waals surface area contributed by atoms with E-state index in [1.54, 1.807) is 0 Å². The SMILES string of the molecule is C=C1CC(C2COC(C)(C)O2)C(C(=O)OC)C1(C)C. The Morgan fingerprint density at radius 3 is 2.47 bits per heavy atom. The van der Waals surface area contributed by atoms with Crippen LogP contribution in [0.4, 0.5) is 0 Å². The van der Waals surface area contributed by atoms with Gasteiger partial charge in [-0.05, 0) is 25.7 Å². The van der Waals surface area contributed by atoms with E-state index in [1.165, 1.54) is 7.11 Å². The van der Waals surface area contributed by atoms with Crippen LogP contribution < -0.4 is 0 Å². The minimum atomic E-state index is -0.570. The maximum Gasteiger partial charge on any atom is 0.309 e. The summed E-state index contributed by atoms with van der Waals surface area (Å²) in [5, 5.41) is 0. The summed E-state index contributed by atoms with van der Waals surface area (Å²) in [4.78, 5) is 12.1. The maximum absolute atomic E-state index is 12.1. The molecule has 2 aliphatic rings. The highest BCUT2D eigenvalue weighted by atomic mass is 16.7. The number of hydrogen-bond acceptors (Lipinski definition) is 4. The van der Waals surface area contributed by atoms with E-state index < -0.39 is 5.79 Å². The van der Waals surface area contributed by atoms with Gasteiger partial charge < -0.3 is 14.2 Å². The minimum Gasteiger partial charge on any atom is -0.469 e. The molecule has 0 spiro atoms. The Balaban J connectivity index is 2.25. The zero-order valence-electron chi connectivity index (χ0n) is 12.5. The molecule has 4 heteroatoms. The topological polar surface area (TPSA) is 44.8 Å². The van der Waals surface area contributed by atoms with Crippen molar-refractivity contribution in [2.45, 2.75) is 46.0 Å². The molecule has 2 rings (SSSR count). The summed E-state index contributed by atoms with van der Waals surface area (Å²) < 4.78 is 16.5. The van der Waals surface area contributed by atoms with Crippen LogP contribution in [0, 0.1) is 17.3 Å². The number of methoxy groups -OCH3 is 1. The zero-order valence-corrected chi connectivity index (χ0v) is 12.5. The average molecular weight is 268 g/mol. The summed E-state index contributed by atoms with van der Waals surface area (Å²) in [6, 6.07) is 0. The predicted molar refractivity (Wildman–Crippen MR) is 71.4 cm³/mol. The molecule has 0 aromatic carbocycles. The Hall–Kier alpha value is -0.870. The highest BCUT2D eigenvalue weighted by molar-refractivity contribution is 5.75. The molecule has 0 N–H and O–H groups in total. The first-order valence-corrected chi connectivity index (χ1v) is 6.77. The molecule has 3 unspecified atom stereocenters. The second-order valence-corrected chi connectivity index (χ2v) is 6.56. The lowest BCUT2D eigenvalue weighted by Crippen LogP contribution is -2.38. The van der Waals surface area contributed by atoms with Crippen molar-refractivity contribution in [1.29, 1.82) is 0 Å².